The molecule has 102 valence electrons. The number of nitrogens with zero attached hydrogens (tertiary/aromatic N) is 3. The van der Waals surface area contributed by atoms with Crippen LogP contribution in [0.5, 0.6) is 0 Å². The maximum atomic E-state index is 11.8. The number of carbonyl (C=O) groups excluding carboxylic acids is 1. The van der Waals surface area contributed by atoms with Gasteiger partial charge < -0.3 is 11.1 Å². The Labute approximate surface area is 123 Å². The summed E-state index contributed by atoms with van der Waals surface area (Å²) in [7, 11) is 0. The number of benzene rings is 1. The van der Waals surface area contributed by atoms with E-state index < -0.39 is 0 Å². The fourth-order valence-corrected chi connectivity index (χ4v) is 2.13. The predicted octanol–water partition coefficient (Wildman–Crippen LogP) is 1.64. The summed E-state index contributed by atoms with van der Waals surface area (Å²) in [5.41, 5.74) is 6.09. The molecule has 1 heterocycles. The van der Waals surface area contributed by atoms with Crippen molar-refractivity contribution in [2.45, 2.75) is 5.16 Å². The first-order valence-corrected chi connectivity index (χ1v) is 6.75. The number of hydrogen-bond acceptors (Lipinski definition) is 6. The van der Waals surface area contributed by atoms with E-state index in [0.717, 1.165) is 11.8 Å². The van der Waals surface area contributed by atoms with E-state index in [-0.39, 0.29) is 17.6 Å². The van der Waals surface area contributed by atoms with E-state index >= 15 is 0 Å². The number of H-pyrrole nitrogens is 1. The fourth-order valence-electron chi connectivity index (χ4n) is 1.36. The molecule has 7 nitrogen and oxygen atoms in total. The molecule has 0 atom stereocenters. The highest BCUT2D eigenvalue weighted by Crippen LogP contribution is 2.21. The average Bonchev–Trinajstić information content (AvgIpc) is 2.83. The van der Waals surface area contributed by atoms with Crippen molar-refractivity contribution in [3.05, 3.63) is 28.8 Å². The minimum atomic E-state index is -0.294. The number of thioether (sulfide) groups is 1. The molecule has 1 aromatic carbocycles. The van der Waals surface area contributed by atoms with Crippen molar-refractivity contribution in [2.24, 2.45) is 0 Å². The summed E-state index contributed by atoms with van der Waals surface area (Å²) in [6.07, 6.45) is 0. The van der Waals surface area contributed by atoms with Crippen LogP contribution in [0, 0.1) is 11.3 Å². The first-order valence-electron chi connectivity index (χ1n) is 5.38. The number of halogens is 1. The molecule has 0 aliphatic rings. The standard InChI is InChI=1S/C11H9ClN6OS/c12-7-2-1-6(4-13)8(3-7)15-9(19)5-20-11-16-10(14)17-18-11/h1-3H,5H2,(H,15,19)(H3,14,16,17,18). The number of nitrogens with one attached hydrogen (secondary N) is 2. The number of hydrogen-bond donors (Lipinski definition) is 3. The summed E-state index contributed by atoms with van der Waals surface area (Å²) in [5, 5.41) is 18.6. The molecule has 0 saturated heterocycles. The van der Waals surface area contributed by atoms with Crippen LogP contribution < -0.4 is 11.1 Å². The Balaban J connectivity index is 1.98. The predicted molar refractivity (Wildman–Crippen MR) is 76.3 cm³/mol. The molecule has 1 aromatic heterocycles. The molecule has 0 spiro atoms. The number of aromatic nitrogens is 3. The van der Waals surface area contributed by atoms with Crippen LogP contribution in [0.25, 0.3) is 0 Å². The zero-order chi connectivity index (χ0) is 14.5. The van der Waals surface area contributed by atoms with Crippen LogP contribution in [-0.2, 0) is 4.79 Å². The average molecular weight is 309 g/mol. The lowest BCUT2D eigenvalue weighted by Crippen LogP contribution is -2.15. The van der Waals surface area contributed by atoms with Gasteiger partial charge in [0.05, 0.1) is 17.0 Å². The summed E-state index contributed by atoms with van der Waals surface area (Å²) in [6.45, 7) is 0. The SMILES string of the molecule is N#Cc1ccc(Cl)cc1NC(=O)CSc1n[nH]c(N)n1. The van der Waals surface area contributed by atoms with Crippen LogP contribution in [0.3, 0.4) is 0 Å². The highest BCUT2D eigenvalue weighted by atomic mass is 35.5. The highest BCUT2D eigenvalue weighted by Gasteiger charge is 2.10. The molecule has 4 N–H and O–H groups in total. The first kappa shape index (κ1) is 14.2. The van der Waals surface area contributed by atoms with Crippen molar-refractivity contribution in [3.63, 3.8) is 0 Å². The number of amides is 1. The molecule has 0 radical (unpaired) electrons. The van der Waals surface area contributed by atoms with Crippen LogP contribution in [0.1, 0.15) is 5.56 Å². The van der Waals surface area contributed by atoms with Gasteiger partial charge in [0.25, 0.3) is 0 Å². The third-order valence-electron chi connectivity index (χ3n) is 2.19. The molecule has 0 fully saturated rings. The van der Waals surface area contributed by atoms with Crippen molar-refractivity contribution in [1.82, 2.24) is 15.2 Å². The summed E-state index contributed by atoms with van der Waals surface area (Å²) < 4.78 is 0. The molecule has 0 aliphatic heterocycles. The van der Waals surface area contributed by atoms with Crippen LogP contribution in [-0.4, -0.2) is 26.8 Å². The van der Waals surface area contributed by atoms with Gasteiger partial charge in [0, 0.05) is 5.02 Å². The zero-order valence-corrected chi connectivity index (χ0v) is 11.6. The van der Waals surface area contributed by atoms with E-state index in [1.54, 1.807) is 12.1 Å². The fraction of sp³-hybridized carbons (Fsp3) is 0.0909. The Morgan fingerprint density at radius 3 is 3.05 bits per heavy atom. The third-order valence-corrected chi connectivity index (χ3v) is 3.27. The Bertz CT molecular complexity index is 680. The molecule has 2 rings (SSSR count). The van der Waals surface area contributed by atoms with E-state index in [1.165, 1.54) is 6.07 Å². The van der Waals surface area contributed by atoms with Crippen LogP contribution in [0.15, 0.2) is 23.4 Å². The highest BCUT2D eigenvalue weighted by molar-refractivity contribution is 7.99. The Morgan fingerprint density at radius 1 is 1.60 bits per heavy atom. The number of nitrogen functional groups attached to an aromatic ring is 1. The maximum absolute atomic E-state index is 11.8. The molecule has 1 amide bonds. The second-order valence-electron chi connectivity index (χ2n) is 3.64. The third kappa shape index (κ3) is 3.63. The van der Waals surface area contributed by atoms with E-state index in [4.69, 9.17) is 22.6 Å². The Morgan fingerprint density at radius 2 is 2.40 bits per heavy atom. The van der Waals surface area contributed by atoms with Gasteiger partial charge in [0.15, 0.2) is 0 Å². The van der Waals surface area contributed by atoms with E-state index in [1.807, 2.05) is 6.07 Å². The normalized spacial score (nSPS) is 10.0. The van der Waals surface area contributed by atoms with Gasteiger partial charge in [0.2, 0.25) is 17.0 Å². The topological polar surface area (TPSA) is 120 Å². The van der Waals surface area contributed by atoms with E-state index in [9.17, 15) is 4.79 Å². The maximum Gasteiger partial charge on any atom is 0.234 e. The molecule has 0 aliphatic carbocycles. The lowest BCUT2D eigenvalue weighted by molar-refractivity contribution is -0.113. The Kier molecular flexibility index (Phi) is 4.45. The van der Waals surface area contributed by atoms with Gasteiger partial charge in [-0.05, 0) is 18.2 Å². The number of nitrogens with two attached hydrogens (primary N) is 1. The molecule has 9 heteroatoms. The monoisotopic (exact) mass is 308 g/mol. The van der Waals surface area contributed by atoms with Gasteiger partial charge >= 0.3 is 0 Å². The summed E-state index contributed by atoms with van der Waals surface area (Å²) in [5.74, 6) is -0.0130. The largest absolute Gasteiger partial charge is 0.368 e. The molecular weight excluding hydrogens is 300 g/mol. The van der Waals surface area contributed by atoms with Crippen LogP contribution >= 0.6 is 23.4 Å². The van der Waals surface area contributed by atoms with Crippen molar-refractivity contribution in [3.8, 4) is 6.07 Å². The minimum Gasteiger partial charge on any atom is -0.368 e. The minimum absolute atomic E-state index is 0.0919. The van der Waals surface area contributed by atoms with Gasteiger partial charge in [-0.2, -0.15) is 10.2 Å². The number of rotatable bonds is 4. The van der Waals surface area contributed by atoms with Crippen molar-refractivity contribution < 1.29 is 4.79 Å². The quantitative estimate of drug-likeness (QED) is 0.738. The van der Waals surface area contributed by atoms with Gasteiger partial charge in [0.1, 0.15) is 6.07 Å². The second kappa shape index (κ2) is 6.27. The Hall–Kier alpha value is -2.24. The molecule has 0 bridgehead atoms. The summed E-state index contributed by atoms with van der Waals surface area (Å²) in [6, 6.07) is 6.63. The van der Waals surface area contributed by atoms with Crippen LogP contribution in [0.4, 0.5) is 11.6 Å². The molecule has 20 heavy (non-hydrogen) atoms. The zero-order valence-electron chi connectivity index (χ0n) is 10.1. The smallest absolute Gasteiger partial charge is 0.234 e. The number of carbonyl (C=O) groups is 1. The first-order chi connectivity index (χ1) is 9.58. The van der Waals surface area contributed by atoms with Gasteiger partial charge in [-0.15, -0.1) is 5.10 Å². The lowest BCUT2D eigenvalue weighted by atomic mass is 10.2. The number of anilines is 2. The van der Waals surface area contributed by atoms with Gasteiger partial charge in [-0.3, -0.25) is 4.79 Å². The molecular formula is C11H9ClN6OS. The van der Waals surface area contributed by atoms with Gasteiger partial charge in [-0.25, -0.2) is 5.10 Å². The van der Waals surface area contributed by atoms with Crippen molar-refractivity contribution in [1.29, 1.82) is 5.26 Å². The van der Waals surface area contributed by atoms with E-state index in [2.05, 4.69) is 20.5 Å². The molecule has 0 saturated carbocycles. The molecule has 2 aromatic rings. The molecule has 0 unspecified atom stereocenters. The summed E-state index contributed by atoms with van der Waals surface area (Å²) >= 11 is 6.95. The van der Waals surface area contributed by atoms with Crippen molar-refractivity contribution >= 4 is 40.9 Å². The van der Waals surface area contributed by atoms with Gasteiger partial charge in [-0.1, -0.05) is 23.4 Å². The number of nitriles is 1. The second-order valence-corrected chi connectivity index (χ2v) is 5.02. The number of aromatic amines is 1. The van der Waals surface area contributed by atoms with Crippen molar-refractivity contribution in [2.75, 3.05) is 16.8 Å². The summed E-state index contributed by atoms with van der Waals surface area (Å²) in [4.78, 5) is 15.6. The van der Waals surface area contributed by atoms with E-state index in [0.29, 0.717) is 21.4 Å². The lowest BCUT2D eigenvalue weighted by Gasteiger charge is -2.06. The van der Waals surface area contributed by atoms with Crippen LogP contribution in [0.2, 0.25) is 5.02 Å².